The topological polar surface area (TPSA) is 47.6 Å². The fourth-order valence-corrected chi connectivity index (χ4v) is 3.18. The van der Waals surface area contributed by atoms with E-state index in [1.165, 1.54) is 0 Å². The predicted octanol–water partition coefficient (Wildman–Crippen LogP) is 3.89. The first kappa shape index (κ1) is 14.6. The fraction of sp³-hybridized carbons (Fsp3) is 0.278. The monoisotopic (exact) mass is 373 g/mol. The molecule has 23 heavy (non-hydrogen) atoms. The van der Waals surface area contributed by atoms with Gasteiger partial charge in [0.15, 0.2) is 11.5 Å². The molecule has 1 fully saturated rings. The molecule has 0 unspecified atom stereocenters. The van der Waals surface area contributed by atoms with Crippen molar-refractivity contribution in [2.24, 2.45) is 0 Å². The van der Waals surface area contributed by atoms with Crippen LogP contribution in [0.15, 0.2) is 46.9 Å². The Labute approximate surface area is 142 Å². The van der Waals surface area contributed by atoms with Crippen molar-refractivity contribution < 1.29 is 14.3 Å². The van der Waals surface area contributed by atoms with Gasteiger partial charge in [0.1, 0.15) is 13.2 Å². The van der Waals surface area contributed by atoms with E-state index in [1.54, 1.807) is 0 Å². The van der Waals surface area contributed by atoms with Crippen LogP contribution >= 0.6 is 15.9 Å². The summed E-state index contributed by atoms with van der Waals surface area (Å²) >= 11 is 3.43. The van der Waals surface area contributed by atoms with E-state index < -0.39 is 5.41 Å². The number of amides is 1. The summed E-state index contributed by atoms with van der Waals surface area (Å²) < 4.78 is 12.1. The van der Waals surface area contributed by atoms with Gasteiger partial charge in [-0.3, -0.25) is 4.79 Å². The molecule has 2 aliphatic rings. The van der Waals surface area contributed by atoms with Gasteiger partial charge in [0.05, 0.1) is 5.41 Å². The maximum Gasteiger partial charge on any atom is 0.235 e. The molecule has 2 aromatic rings. The van der Waals surface area contributed by atoms with Gasteiger partial charge in [0.2, 0.25) is 5.91 Å². The Morgan fingerprint density at radius 1 is 1.00 bits per heavy atom. The van der Waals surface area contributed by atoms with Crippen LogP contribution < -0.4 is 14.8 Å². The van der Waals surface area contributed by atoms with Crippen LogP contribution in [0.1, 0.15) is 18.4 Å². The lowest BCUT2D eigenvalue weighted by molar-refractivity contribution is -0.118. The molecule has 0 aromatic heterocycles. The average molecular weight is 374 g/mol. The van der Waals surface area contributed by atoms with Crippen molar-refractivity contribution >= 4 is 27.5 Å². The molecule has 1 heterocycles. The number of rotatable bonds is 3. The van der Waals surface area contributed by atoms with Crippen LogP contribution in [0, 0.1) is 0 Å². The SMILES string of the molecule is O=C(Nc1ccc2c(c1)OCCO2)C1(c2ccc(Br)cc2)CC1. The van der Waals surface area contributed by atoms with Crippen LogP contribution in [0.2, 0.25) is 0 Å². The molecule has 4 nitrogen and oxygen atoms in total. The molecule has 1 amide bonds. The minimum absolute atomic E-state index is 0.0384. The molecule has 0 radical (unpaired) electrons. The molecule has 4 rings (SSSR count). The number of benzene rings is 2. The highest BCUT2D eigenvalue weighted by molar-refractivity contribution is 9.10. The first-order valence-electron chi connectivity index (χ1n) is 7.65. The number of carbonyl (C=O) groups excluding carboxylic acids is 1. The zero-order chi connectivity index (χ0) is 15.9. The predicted molar refractivity (Wildman–Crippen MR) is 91.1 cm³/mol. The molecule has 0 spiro atoms. The van der Waals surface area contributed by atoms with Crippen LogP contribution in [0.25, 0.3) is 0 Å². The van der Waals surface area contributed by atoms with Crippen LogP contribution in [0.4, 0.5) is 5.69 Å². The zero-order valence-corrected chi connectivity index (χ0v) is 14.1. The summed E-state index contributed by atoms with van der Waals surface area (Å²) in [5, 5.41) is 3.02. The highest BCUT2D eigenvalue weighted by atomic mass is 79.9. The van der Waals surface area contributed by atoms with Gasteiger partial charge in [-0.05, 0) is 42.7 Å². The molecular weight excluding hydrogens is 358 g/mol. The summed E-state index contributed by atoms with van der Waals surface area (Å²) in [4.78, 5) is 12.8. The number of hydrogen-bond acceptors (Lipinski definition) is 3. The highest BCUT2D eigenvalue weighted by Gasteiger charge is 2.51. The molecule has 5 heteroatoms. The average Bonchev–Trinajstić information content (AvgIpc) is 3.37. The minimum atomic E-state index is -0.395. The number of hydrogen-bond donors (Lipinski definition) is 1. The van der Waals surface area contributed by atoms with Crippen molar-refractivity contribution in [1.82, 2.24) is 0 Å². The third-order valence-corrected chi connectivity index (χ3v) is 4.91. The normalized spacial score (nSPS) is 17.4. The van der Waals surface area contributed by atoms with Crippen LogP contribution in [-0.2, 0) is 10.2 Å². The van der Waals surface area contributed by atoms with E-state index in [2.05, 4.69) is 21.2 Å². The lowest BCUT2D eigenvalue weighted by Crippen LogP contribution is -2.27. The van der Waals surface area contributed by atoms with Crippen molar-refractivity contribution in [1.29, 1.82) is 0 Å². The Bertz CT molecular complexity index is 753. The Hall–Kier alpha value is -2.01. The molecule has 1 N–H and O–H groups in total. The van der Waals surface area contributed by atoms with Crippen molar-refractivity contribution in [3.05, 3.63) is 52.5 Å². The van der Waals surface area contributed by atoms with Crippen LogP contribution in [0.3, 0.4) is 0 Å². The van der Waals surface area contributed by atoms with Crippen molar-refractivity contribution in [2.75, 3.05) is 18.5 Å². The number of nitrogens with one attached hydrogen (secondary N) is 1. The largest absolute Gasteiger partial charge is 0.486 e. The quantitative estimate of drug-likeness (QED) is 0.887. The van der Waals surface area contributed by atoms with E-state index in [9.17, 15) is 4.79 Å². The van der Waals surface area contributed by atoms with Crippen molar-refractivity contribution in [3.63, 3.8) is 0 Å². The van der Waals surface area contributed by atoms with E-state index in [0.717, 1.165) is 34.3 Å². The molecule has 0 atom stereocenters. The molecule has 1 saturated carbocycles. The fourth-order valence-electron chi connectivity index (χ4n) is 2.91. The van der Waals surface area contributed by atoms with Gasteiger partial charge in [-0.25, -0.2) is 0 Å². The van der Waals surface area contributed by atoms with E-state index in [4.69, 9.17) is 9.47 Å². The van der Waals surface area contributed by atoms with Crippen LogP contribution in [0.5, 0.6) is 11.5 Å². The lowest BCUT2D eigenvalue weighted by atomic mass is 9.95. The maximum absolute atomic E-state index is 12.8. The van der Waals surface area contributed by atoms with Gasteiger partial charge >= 0.3 is 0 Å². The van der Waals surface area contributed by atoms with Crippen molar-refractivity contribution in [3.8, 4) is 11.5 Å². The highest BCUT2D eigenvalue weighted by Crippen LogP contribution is 2.49. The summed E-state index contributed by atoms with van der Waals surface area (Å²) in [6.45, 7) is 1.10. The zero-order valence-electron chi connectivity index (χ0n) is 12.5. The van der Waals surface area contributed by atoms with E-state index in [-0.39, 0.29) is 5.91 Å². The van der Waals surface area contributed by atoms with E-state index in [0.29, 0.717) is 19.0 Å². The third kappa shape index (κ3) is 2.70. The van der Waals surface area contributed by atoms with Gasteiger partial charge in [-0.2, -0.15) is 0 Å². The van der Waals surface area contributed by atoms with Crippen molar-refractivity contribution in [2.45, 2.75) is 18.3 Å². The third-order valence-electron chi connectivity index (χ3n) is 4.38. The minimum Gasteiger partial charge on any atom is -0.486 e. The summed E-state index contributed by atoms with van der Waals surface area (Å²) in [5.41, 5.74) is 1.41. The molecule has 2 aromatic carbocycles. The smallest absolute Gasteiger partial charge is 0.235 e. The Morgan fingerprint density at radius 3 is 2.39 bits per heavy atom. The molecule has 1 aliphatic heterocycles. The Kier molecular flexibility index (Phi) is 3.53. The van der Waals surface area contributed by atoms with E-state index in [1.807, 2.05) is 42.5 Å². The number of halogens is 1. The van der Waals surface area contributed by atoms with E-state index >= 15 is 0 Å². The van der Waals surface area contributed by atoms with Gasteiger partial charge in [0, 0.05) is 16.2 Å². The van der Waals surface area contributed by atoms with Gasteiger partial charge < -0.3 is 14.8 Å². The van der Waals surface area contributed by atoms with Crippen LogP contribution in [-0.4, -0.2) is 19.1 Å². The molecule has 118 valence electrons. The Balaban J connectivity index is 1.55. The summed E-state index contributed by atoms with van der Waals surface area (Å²) in [7, 11) is 0. The number of anilines is 1. The number of carbonyl (C=O) groups is 1. The van der Waals surface area contributed by atoms with Gasteiger partial charge in [0.25, 0.3) is 0 Å². The lowest BCUT2D eigenvalue weighted by Gasteiger charge is -2.20. The summed E-state index contributed by atoms with van der Waals surface area (Å²) in [5.74, 6) is 1.45. The molecule has 0 saturated heterocycles. The Morgan fingerprint density at radius 2 is 1.70 bits per heavy atom. The second kappa shape index (κ2) is 5.57. The summed E-state index contributed by atoms with van der Waals surface area (Å²) in [6, 6.07) is 13.5. The first-order chi connectivity index (χ1) is 11.2. The maximum atomic E-state index is 12.8. The number of fused-ring (bicyclic) bond motifs is 1. The summed E-state index contributed by atoms with van der Waals surface area (Å²) in [6.07, 6.45) is 1.76. The molecular formula is C18H16BrNO3. The second-order valence-electron chi connectivity index (χ2n) is 5.90. The van der Waals surface area contributed by atoms with Gasteiger partial charge in [-0.1, -0.05) is 28.1 Å². The number of ether oxygens (including phenoxy) is 2. The molecule has 1 aliphatic carbocycles. The second-order valence-corrected chi connectivity index (χ2v) is 6.82. The standard InChI is InChI=1S/C18H16BrNO3/c19-13-3-1-12(2-4-13)18(7-8-18)17(21)20-14-5-6-15-16(11-14)23-10-9-22-15/h1-6,11H,7-10H2,(H,20,21). The van der Waals surface area contributed by atoms with Gasteiger partial charge in [-0.15, -0.1) is 0 Å². The molecule has 0 bridgehead atoms. The first-order valence-corrected chi connectivity index (χ1v) is 8.44.